The number of hydrogen-bond acceptors (Lipinski definition) is 0. The average Bonchev–Trinajstić information content (AvgIpc) is 3.28. The van der Waals surface area contributed by atoms with Crippen molar-refractivity contribution in [3.8, 4) is 0 Å². The Morgan fingerprint density at radius 3 is 2.23 bits per heavy atom. The molecule has 0 nitrogen and oxygen atoms in total. The zero-order valence-corrected chi connectivity index (χ0v) is 22.9. The van der Waals surface area contributed by atoms with E-state index in [1.54, 1.807) is 22.0 Å². The summed E-state index contributed by atoms with van der Waals surface area (Å²) in [5, 5.41) is 3.04. The predicted octanol–water partition coefficient (Wildman–Crippen LogP) is 0.952. The van der Waals surface area contributed by atoms with E-state index in [0.717, 1.165) is 8.58 Å². The van der Waals surface area contributed by atoms with E-state index in [9.17, 15) is 0 Å². The monoisotopic (exact) mass is 540 g/mol. The van der Waals surface area contributed by atoms with Gasteiger partial charge in [-0.1, -0.05) is 0 Å². The van der Waals surface area contributed by atoms with E-state index >= 15 is 0 Å². The predicted molar refractivity (Wildman–Crippen MR) is 124 cm³/mol. The molecule has 5 rings (SSSR count). The van der Waals surface area contributed by atoms with Crippen LogP contribution in [0.2, 0.25) is 0 Å². The number of halogens is 2. The van der Waals surface area contributed by atoms with Crippen LogP contribution in [0.5, 0.6) is 0 Å². The van der Waals surface area contributed by atoms with Gasteiger partial charge >= 0.3 is 188 Å². The minimum absolute atomic E-state index is 0. The first-order valence-corrected chi connectivity index (χ1v) is 14.1. The molecular weight excluding hydrogens is 517 g/mol. The summed E-state index contributed by atoms with van der Waals surface area (Å²) in [6.07, 6.45) is 4.92. The van der Waals surface area contributed by atoms with Crippen molar-refractivity contribution in [1.82, 2.24) is 0 Å². The number of hydrogen-bond donors (Lipinski definition) is 0. The number of fused-ring (bicyclic) bond motifs is 2. The molecular formula is C27H25Cl2PZr. The van der Waals surface area contributed by atoms with Gasteiger partial charge in [-0.05, 0) is 0 Å². The molecule has 0 amide bonds. The molecule has 0 saturated heterocycles. The van der Waals surface area contributed by atoms with Crippen molar-refractivity contribution >= 4 is 25.3 Å². The van der Waals surface area contributed by atoms with Crippen LogP contribution in [-0.4, -0.2) is 0 Å². The van der Waals surface area contributed by atoms with Crippen LogP contribution in [0, 0.1) is 13.8 Å². The standard InChI is InChI=1S/C16H14P.C11H11.2ClH.Zr/c1-12-11-13-7-5-6-10-15(13)16(12)17-14-8-3-2-4-9-14;1-8-6-7-9(2)11-5-3-4-10(8)11;;;/h2-11,17H,1H3;3-7H,1-2H3;2*1H;/q;;;;+2/p-2. The van der Waals surface area contributed by atoms with Crippen molar-refractivity contribution in [2.45, 2.75) is 28.0 Å². The van der Waals surface area contributed by atoms with Gasteiger partial charge in [-0.3, -0.25) is 0 Å². The largest absolute Gasteiger partial charge is 1.00 e. The Morgan fingerprint density at radius 2 is 1.45 bits per heavy atom. The molecule has 0 aliphatic heterocycles. The zero-order valence-electron chi connectivity index (χ0n) is 17.9. The molecule has 3 atom stereocenters. The minimum Gasteiger partial charge on any atom is -1.00 e. The number of allylic oxidation sites excluding steroid dienone is 2. The van der Waals surface area contributed by atoms with Crippen molar-refractivity contribution < 1.29 is 48.0 Å². The third kappa shape index (κ3) is 4.58. The summed E-state index contributed by atoms with van der Waals surface area (Å²) in [7, 11) is 0.753. The summed E-state index contributed by atoms with van der Waals surface area (Å²) in [5.74, 6) is 0. The zero-order chi connectivity index (χ0) is 20.0. The smallest absolute Gasteiger partial charge is 1.00 e. The second-order valence-corrected chi connectivity index (χ2v) is 13.2. The Bertz CT molecular complexity index is 1150. The molecule has 0 spiro atoms. The first-order valence-electron chi connectivity index (χ1n) is 10.3. The van der Waals surface area contributed by atoms with Gasteiger partial charge in [-0.15, -0.1) is 0 Å². The van der Waals surface area contributed by atoms with E-state index in [-0.39, 0.29) is 24.8 Å². The molecule has 2 aliphatic rings. The maximum Gasteiger partial charge on any atom is -1.00 e. The quantitative estimate of drug-likeness (QED) is 0.431. The van der Waals surface area contributed by atoms with Gasteiger partial charge in [0.15, 0.2) is 0 Å². The Hall–Kier alpha value is -0.967. The van der Waals surface area contributed by atoms with Crippen molar-refractivity contribution in [2.24, 2.45) is 0 Å². The molecule has 31 heavy (non-hydrogen) atoms. The summed E-state index contributed by atoms with van der Waals surface area (Å²) >= 11 is -0.750. The topological polar surface area (TPSA) is 0 Å². The Balaban J connectivity index is 0.00000136. The van der Waals surface area contributed by atoms with E-state index in [1.807, 2.05) is 0 Å². The van der Waals surface area contributed by atoms with Gasteiger partial charge in [0.2, 0.25) is 0 Å². The van der Waals surface area contributed by atoms with Gasteiger partial charge in [0.25, 0.3) is 0 Å². The minimum atomic E-state index is -0.750. The maximum absolute atomic E-state index is 2.52. The fraction of sp³-hybridized carbons (Fsp3) is 0.185. The first-order chi connectivity index (χ1) is 14.1. The molecule has 0 heterocycles. The van der Waals surface area contributed by atoms with Crippen molar-refractivity contribution in [1.29, 1.82) is 0 Å². The molecule has 3 unspecified atom stereocenters. The number of benzene rings is 3. The van der Waals surface area contributed by atoms with Crippen LogP contribution >= 0.6 is 8.58 Å². The van der Waals surface area contributed by atoms with Crippen molar-refractivity contribution in [2.75, 3.05) is 0 Å². The summed E-state index contributed by atoms with van der Waals surface area (Å²) < 4.78 is 1.36. The normalized spacial score (nSPS) is 18.4. The van der Waals surface area contributed by atoms with E-state index in [1.165, 1.54) is 27.6 Å². The van der Waals surface area contributed by atoms with Gasteiger partial charge in [0, 0.05) is 0 Å². The van der Waals surface area contributed by atoms with Crippen LogP contribution in [0.15, 0.2) is 78.4 Å². The molecule has 2 aliphatic carbocycles. The summed E-state index contributed by atoms with van der Waals surface area (Å²) in [4.78, 5) is 0. The van der Waals surface area contributed by atoms with Crippen molar-refractivity contribution in [3.63, 3.8) is 0 Å². The van der Waals surface area contributed by atoms with Gasteiger partial charge in [0.05, 0.1) is 0 Å². The van der Waals surface area contributed by atoms with Crippen LogP contribution < -0.4 is 30.1 Å². The Labute approximate surface area is 211 Å². The molecule has 0 radical (unpaired) electrons. The van der Waals surface area contributed by atoms with Crippen LogP contribution in [0.25, 0.3) is 11.4 Å². The molecule has 0 fully saturated rings. The maximum atomic E-state index is 2.52. The SMILES string of the molecule is CC1=C(Pc2ccccc2)c2ccccc2[CH]1[Zr+2][CH]1C=Cc2c(C)ccc(C)c21.[Cl-].[Cl-]. The second kappa shape index (κ2) is 10.3. The average molecular weight is 543 g/mol. The second-order valence-electron chi connectivity index (χ2n) is 8.10. The van der Waals surface area contributed by atoms with Gasteiger partial charge in [-0.25, -0.2) is 0 Å². The van der Waals surface area contributed by atoms with E-state index in [4.69, 9.17) is 0 Å². The molecule has 3 aromatic rings. The fourth-order valence-electron chi connectivity index (χ4n) is 4.71. The third-order valence-electron chi connectivity index (χ3n) is 6.25. The van der Waals surface area contributed by atoms with E-state index < -0.39 is 23.2 Å². The molecule has 0 bridgehead atoms. The van der Waals surface area contributed by atoms with E-state index in [0.29, 0.717) is 7.25 Å². The summed E-state index contributed by atoms with van der Waals surface area (Å²) in [6, 6.07) is 24.8. The summed E-state index contributed by atoms with van der Waals surface area (Å²) in [6.45, 7) is 6.97. The third-order valence-corrected chi connectivity index (χ3v) is 12.5. The molecule has 3 aromatic carbocycles. The molecule has 156 valence electrons. The molecule has 0 saturated carbocycles. The molecule has 0 N–H and O–H groups in total. The van der Waals surface area contributed by atoms with Crippen molar-refractivity contribution in [3.05, 3.63) is 112 Å². The van der Waals surface area contributed by atoms with E-state index in [2.05, 4.69) is 99.7 Å². The van der Waals surface area contributed by atoms with Crippen LogP contribution in [0.3, 0.4) is 0 Å². The van der Waals surface area contributed by atoms with Gasteiger partial charge in [0.1, 0.15) is 0 Å². The fourth-order valence-corrected chi connectivity index (χ4v) is 11.2. The van der Waals surface area contributed by atoms with Crippen LogP contribution in [0.1, 0.15) is 47.6 Å². The first kappa shape index (κ1) is 24.7. The number of rotatable bonds is 4. The Kier molecular flexibility index (Phi) is 8.21. The van der Waals surface area contributed by atoms with Gasteiger partial charge < -0.3 is 24.8 Å². The molecule has 4 heteroatoms. The Morgan fingerprint density at radius 1 is 0.774 bits per heavy atom. The van der Waals surface area contributed by atoms with Crippen LogP contribution in [-0.2, 0) is 23.2 Å². The van der Waals surface area contributed by atoms with Gasteiger partial charge in [-0.2, -0.15) is 0 Å². The summed E-state index contributed by atoms with van der Waals surface area (Å²) in [5.41, 5.74) is 10.8. The molecule has 0 aromatic heterocycles. The number of aryl methyl sites for hydroxylation is 2. The van der Waals surface area contributed by atoms with Crippen LogP contribution in [0.4, 0.5) is 0 Å².